The minimum absolute atomic E-state index is 0.166. The summed E-state index contributed by atoms with van der Waals surface area (Å²) < 4.78 is 144. The van der Waals surface area contributed by atoms with E-state index in [2.05, 4.69) is 20.7 Å². The van der Waals surface area contributed by atoms with Crippen LogP contribution in [0.4, 0.5) is 59.7 Å². The van der Waals surface area contributed by atoms with Crippen LogP contribution in [0, 0.1) is 0 Å². The predicted octanol–water partition coefficient (Wildman–Crippen LogP) is 5.57. The Bertz CT molecular complexity index is 760. The Balaban J connectivity index is 3.39. The van der Waals surface area contributed by atoms with E-state index < -0.39 is 41.5 Å². The van der Waals surface area contributed by atoms with Crippen LogP contribution in [0.3, 0.4) is 0 Å². The predicted molar refractivity (Wildman–Crippen MR) is 73.7 cm³/mol. The molecule has 0 aliphatic carbocycles. The van der Waals surface area contributed by atoms with E-state index in [1.807, 2.05) is 0 Å². The summed E-state index contributed by atoms with van der Waals surface area (Å²) in [5.74, 6) is -26.6. The smallest absolute Gasteiger partial charge is 0.428 e. The first kappa shape index (κ1) is 23.1. The van der Waals surface area contributed by atoms with E-state index in [0.717, 1.165) is 6.07 Å². The molecule has 0 bridgehead atoms. The van der Waals surface area contributed by atoms with Gasteiger partial charge in [-0.15, -0.1) is 0 Å². The van der Waals surface area contributed by atoms with Crippen molar-refractivity contribution in [3.05, 3.63) is 28.4 Å². The number of halogens is 12. The van der Waals surface area contributed by atoms with Crippen LogP contribution >= 0.6 is 15.9 Å². The molecule has 15 heteroatoms. The largest absolute Gasteiger partial charge is 0.460 e. The summed E-state index contributed by atoms with van der Waals surface area (Å²) in [5, 5.41) is 0. The maximum absolute atomic E-state index is 13.5. The average Bonchev–Trinajstić information content (AvgIpc) is 2.50. The number of anilines is 2. The molecule has 0 spiro atoms. The third-order valence-corrected chi connectivity index (χ3v) is 3.55. The van der Waals surface area contributed by atoms with Crippen molar-refractivity contribution in [1.29, 1.82) is 0 Å². The molecular weight excluding hydrogens is 477 g/mol. The molecule has 0 saturated heterocycles. The zero-order chi connectivity index (χ0) is 21.6. The number of alkyl halides is 9. The SMILES string of the molecule is Nc1cc(Br)c(OC(F)=C(F)C(F)(F)C(F)(F)C(F)(F)C(F)(F)F)cc1N. The fourth-order valence-corrected chi connectivity index (χ4v) is 1.88. The molecule has 0 aliphatic rings. The lowest BCUT2D eigenvalue weighted by atomic mass is 10.0. The number of rotatable bonds is 5. The first-order valence-electron chi connectivity index (χ1n) is 6.16. The number of nitrogen functional groups attached to an aromatic ring is 2. The lowest BCUT2D eigenvalue weighted by Crippen LogP contribution is -2.61. The highest BCUT2D eigenvalue weighted by molar-refractivity contribution is 9.10. The van der Waals surface area contributed by atoms with Gasteiger partial charge in [0.15, 0.2) is 0 Å². The van der Waals surface area contributed by atoms with Crippen molar-refractivity contribution in [2.75, 3.05) is 11.5 Å². The molecule has 1 aromatic rings. The number of allylic oxidation sites excluding steroid dienone is 1. The van der Waals surface area contributed by atoms with Crippen molar-refractivity contribution in [3.8, 4) is 5.75 Å². The maximum atomic E-state index is 13.5. The molecule has 0 amide bonds. The quantitative estimate of drug-likeness (QED) is 0.327. The molecule has 0 unspecified atom stereocenters. The summed E-state index contributed by atoms with van der Waals surface area (Å²) in [5.41, 5.74) is 10.0. The van der Waals surface area contributed by atoms with Crippen LogP contribution in [0.2, 0.25) is 0 Å². The molecule has 27 heavy (non-hydrogen) atoms. The van der Waals surface area contributed by atoms with Crippen LogP contribution in [0.5, 0.6) is 5.75 Å². The fourth-order valence-electron chi connectivity index (χ4n) is 1.44. The second kappa shape index (κ2) is 6.91. The summed E-state index contributed by atoms with van der Waals surface area (Å²) in [7, 11) is 0. The van der Waals surface area contributed by atoms with Gasteiger partial charge in [0, 0.05) is 6.07 Å². The normalized spacial score (nSPS) is 14.8. The van der Waals surface area contributed by atoms with Crippen LogP contribution in [0.1, 0.15) is 0 Å². The Kier molecular flexibility index (Phi) is 5.91. The number of nitrogens with two attached hydrogens (primary N) is 2. The monoisotopic (exact) mass is 482 g/mol. The third kappa shape index (κ3) is 3.87. The van der Waals surface area contributed by atoms with E-state index >= 15 is 0 Å². The van der Waals surface area contributed by atoms with Gasteiger partial charge in [-0.05, 0) is 22.0 Å². The summed E-state index contributed by atoms with van der Waals surface area (Å²) in [6.45, 7) is 0. The van der Waals surface area contributed by atoms with E-state index in [4.69, 9.17) is 11.5 Å². The first-order chi connectivity index (χ1) is 11.9. The van der Waals surface area contributed by atoms with Gasteiger partial charge in [0.2, 0.25) is 5.83 Å². The van der Waals surface area contributed by atoms with E-state index in [1.165, 1.54) is 0 Å². The van der Waals surface area contributed by atoms with Crippen LogP contribution in [-0.4, -0.2) is 23.9 Å². The van der Waals surface area contributed by atoms with Gasteiger partial charge in [0.1, 0.15) is 5.75 Å². The first-order valence-corrected chi connectivity index (χ1v) is 6.95. The van der Waals surface area contributed by atoms with Crippen LogP contribution in [-0.2, 0) is 0 Å². The van der Waals surface area contributed by atoms with Crippen LogP contribution < -0.4 is 16.2 Å². The van der Waals surface area contributed by atoms with Crippen molar-refractivity contribution < 1.29 is 53.0 Å². The van der Waals surface area contributed by atoms with Crippen molar-refractivity contribution >= 4 is 27.3 Å². The van der Waals surface area contributed by atoms with Gasteiger partial charge in [0.25, 0.3) is 0 Å². The standard InChI is InChI=1S/C12H6BrF11N2O/c13-3-1-4(25)5(26)2-6(3)27-8(15)7(14)9(16,17)10(18,19)11(20,21)12(22,23)24/h1-2H,25-26H2. The van der Waals surface area contributed by atoms with Crippen molar-refractivity contribution in [3.63, 3.8) is 0 Å². The van der Waals surface area contributed by atoms with Crippen LogP contribution in [0.15, 0.2) is 28.4 Å². The van der Waals surface area contributed by atoms with Crippen molar-refractivity contribution in [2.45, 2.75) is 23.9 Å². The molecule has 0 saturated carbocycles. The van der Waals surface area contributed by atoms with E-state index in [9.17, 15) is 48.3 Å². The molecule has 0 heterocycles. The lowest BCUT2D eigenvalue weighted by molar-refractivity contribution is -0.392. The van der Waals surface area contributed by atoms with Gasteiger partial charge in [-0.25, -0.2) is 0 Å². The molecule has 0 radical (unpaired) electrons. The molecule has 0 aromatic heterocycles. The van der Waals surface area contributed by atoms with Crippen molar-refractivity contribution in [1.82, 2.24) is 0 Å². The summed E-state index contributed by atoms with van der Waals surface area (Å²) in [6.07, 6.45) is -7.19. The fraction of sp³-hybridized carbons (Fsp3) is 0.333. The number of hydrogen-bond donors (Lipinski definition) is 2. The zero-order valence-corrected chi connectivity index (χ0v) is 13.8. The Morgan fingerprint density at radius 3 is 1.70 bits per heavy atom. The minimum atomic E-state index is -7.40. The second-order valence-corrected chi connectivity index (χ2v) is 5.68. The summed E-state index contributed by atoms with van der Waals surface area (Å²) in [6, 6.07) is -1.71. The average molecular weight is 483 g/mol. The van der Waals surface area contributed by atoms with E-state index in [1.54, 1.807) is 0 Å². The minimum Gasteiger partial charge on any atom is -0.428 e. The van der Waals surface area contributed by atoms with Gasteiger partial charge < -0.3 is 16.2 Å². The number of hydrogen-bond acceptors (Lipinski definition) is 3. The van der Waals surface area contributed by atoms with Gasteiger partial charge in [-0.3, -0.25) is 0 Å². The molecule has 4 N–H and O–H groups in total. The number of ether oxygens (including phenoxy) is 1. The Morgan fingerprint density at radius 1 is 0.815 bits per heavy atom. The van der Waals surface area contributed by atoms with Gasteiger partial charge in [-0.1, -0.05) is 0 Å². The molecular formula is C12H6BrF11N2O. The summed E-state index contributed by atoms with van der Waals surface area (Å²) >= 11 is 2.63. The molecule has 0 aliphatic heterocycles. The highest BCUT2D eigenvalue weighted by atomic mass is 79.9. The lowest BCUT2D eigenvalue weighted by Gasteiger charge is -2.32. The highest BCUT2D eigenvalue weighted by Gasteiger charge is 2.83. The topological polar surface area (TPSA) is 61.3 Å². The third-order valence-electron chi connectivity index (χ3n) is 2.93. The molecule has 1 rings (SSSR count). The number of benzene rings is 1. The second-order valence-electron chi connectivity index (χ2n) is 4.82. The van der Waals surface area contributed by atoms with Crippen molar-refractivity contribution in [2.24, 2.45) is 0 Å². The summed E-state index contributed by atoms with van der Waals surface area (Å²) in [4.78, 5) is 0. The van der Waals surface area contributed by atoms with Gasteiger partial charge in [0.05, 0.1) is 15.8 Å². The van der Waals surface area contributed by atoms with E-state index in [0.29, 0.717) is 6.07 Å². The maximum Gasteiger partial charge on any atom is 0.460 e. The van der Waals surface area contributed by atoms with Gasteiger partial charge >= 0.3 is 30.0 Å². The Labute approximate surface area is 150 Å². The Hall–Kier alpha value is -1.93. The highest BCUT2D eigenvalue weighted by Crippen LogP contribution is 2.55. The molecule has 0 atom stereocenters. The van der Waals surface area contributed by atoms with Gasteiger partial charge in [-0.2, -0.15) is 48.3 Å². The molecule has 0 fully saturated rings. The molecule has 154 valence electrons. The molecule has 1 aromatic carbocycles. The zero-order valence-electron chi connectivity index (χ0n) is 12.3. The molecule has 3 nitrogen and oxygen atoms in total. The Morgan fingerprint density at radius 2 is 1.26 bits per heavy atom. The van der Waals surface area contributed by atoms with Crippen LogP contribution in [0.25, 0.3) is 0 Å². The van der Waals surface area contributed by atoms with E-state index in [-0.39, 0.29) is 15.8 Å².